The molecule has 0 aromatic rings. The van der Waals surface area contributed by atoms with Crippen LogP contribution in [0.15, 0.2) is 35.5 Å². The van der Waals surface area contributed by atoms with Crippen LogP contribution in [0.4, 0.5) is 0 Å². The highest BCUT2D eigenvalue weighted by Gasteiger charge is 2.56. The Bertz CT molecular complexity index is 712. The first-order chi connectivity index (χ1) is 13.7. The van der Waals surface area contributed by atoms with Crippen LogP contribution in [0.2, 0.25) is 0 Å². The van der Waals surface area contributed by atoms with Crippen molar-refractivity contribution in [1.29, 1.82) is 0 Å². The molecule has 29 heavy (non-hydrogen) atoms. The first-order valence-electron chi connectivity index (χ1n) is 12.4. The van der Waals surface area contributed by atoms with Crippen molar-refractivity contribution in [2.24, 2.45) is 46.3 Å². The lowest BCUT2D eigenvalue weighted by molar-refractivity contribution is 0.0382. The second kappa shape index (κ2) is 7.70. The van der Waals surface area contributed by atoms with Gasteiger partial charge in [0.25, 0.3) is 0 Å². The monoisotopic (exact) mass is 396 g/mol. The zero-order valence-electron chi connectivity index (χ0n) is 19.7. The summed E-state index contributed by atoms with van der Waals surface area (Å²) in [6.45, 7) is 14.6. The minimum absolute atomic E-state index is 0.116. The van der Waals surface area contributed by atoms with Gasteiger partial charge in [-0.1, -0.05) is 77.0 Å². The van der Waals surface area contributed by atoms with E-state index in [1.807, 2.05) is 0 Å². The smallest absolute Gasteiger partial charge is 0.0578 e. The summed E-state index contributed by atoms with van der Waals surface area (Å²) < 4.78 is 0. The zero-order valence-corrected chi connectivity index (χ0v) is 19.7. The van der Waals surface area contributed by atoms with Crippen molar-refractivity contribution >= 4 is 0 Å². The van der Waals surface area contributed by atoms with Crippen LogP contribution in [0.25, 0.3) is 0 Å². The molecule has 0 heterocycles. The van der Waals surface area contributed by atoms with E-state index in [4.69, 9.17) is 0 Å². The van der Waals surface area contributed by atoms with E-state index in [1.54, 1.807) is 5.57 Å². The van der Waals surface area contributed by atoms with Crippen molar-refractivity contribution in [3.05, 3.63) is 35.5 Å². The van der Waals surface area contributed by atoms with Crippen LogP contribution in [0.3, 0.4) is 0 Å². The number of rotatable bonds is 4. The normalized spacial score (nSPS) is 44.0. The summed E-state index contributed by atoms with van der Waals surface area (Å²) in [6.07, 6.45) is 18.4. The number of aliphatic hydroxyl groups excluding tert-OH is 1. The Morgan fingerprint density at radius 3 is 2.41 bits per heavy atom. The van der Waals surface area contributed by atoms with Gasteiger partial charge in [0.1, 0.15) is 0 Å². The van der Waals surface area contributed by atoms with Crippen LogP contribution in [-0.2, 0) is 0 Å². The molecule has 1 N–H and O–H groups in total. The molecule has 3 fully saturated rings. The average molecular weight is 397 g/mol. The molecular weight excluding hydrogens is 352 g/mol. The molecule has 0 aromatic carbocycles. The standard InChI is InChI=1S/C28H44O/c1-18(2)19(3)7-8-20(4)24-11-12-25-23-10-9-21-17-22(29)13-15-27(21,5)26(23)14-16-28(24,25)6/h7-10,18-20,22,24-26,29H,11-17H2,1-6H3/b8-7+/t19?,20-,22+,24-,25+,26-,27?,28-/m1/s1. The molecule has 1 heteroatoms. The summed E-state index contributed by atoms with van der Waals surface area (Å²) in [5, 5.41) is 10.2. The highest BCUT2D eigenvalue weighted by molar-refractivity contribution is 5.39. The van der Waals surface area contributed by atoms with Gasteiger partial charge in [-0.3, -0.25) is 0 Å². The quantitative estimate of drug-likeness (QED) is 0.493. The number of aliphatic hydroxyl groups is 1. The largest absolute Gasteiger partial charge is 0.393 e. The molecule has 8 atom stereocenters. The molecule has 162 valence electrons. The lowest BCUT2D eigenvalue weighted by atomic mass is 9.50. The molecule has 0 aliphatic heterocycles. The summed E-state index contributed by atoms with van der Waals surface area (Å²) >= 11 is 0. The van der Waals surface area contributed by atoms with Crippen molar-refractivity contribution in [1.82, 2.24) is 0 Å². The van der Waals surface area contributed by atoms with Gasteiger partial charge < -0.3 is 5.11 Å². The van der Waals surface area contributed by atoms with Crippen molar-refractivity contribution < 1.29 is 5.11 Å². The molecule has 0 bridgehead atoms. The van der Waals surface area contributed by atoms with Gasteiger partial charge in [0.05, 0.1) is 6.10 Å². The molecule has 4 aliphatic carbocycles. The highest BCUT2D eigenvalue weighted by atomic mass is 16.3. The van der Waals surface area contributed by atoms with E-state index in [9.17, 15) is 5.11 Å². The number of hydrogen-bond donors (Lipinski definition) is 1. The van der Waals surface area contributed by atoms with E-state index in [0.717, 1.165) is 36.5 Å². The van der Waals surface area contributed by atoms with Gasteiger partial charge in [0, 0.05) is 0 Å². The van der Waals surface area contributed by atoms with Crippen molar-refractivity contribution in [3.8, 4) is 0 Å². The molecule has 4 rings (SSSR count). The Morgan fingerprint density at radius 1 is 0.931 bits per heavy atom. The van der Waals surface area contributed by atoms with Crippen LogP contribution < -0.4 is 0 Å². The fraction of sp³-hybridized carbons (Fsp3) is 0.786. The molecule has 4 aliphatic rings. The maximum atomic E-state index is 10.2. The molecule has 0 spiro atoms. The number of fused-ring (bicyclic) bond motifs is 5. The topological polar surface area (TPSA) is 20.2 Å². The third-order valence-corrected chi connectivity index (χ3v) is 10.0. The predicted octanol–water partition coefficient (Wildman–Crippen LogP) is 7.33. The molecule has 0 aromatic heterocycles. The van der Waals surface area contributed by atoms with Crippen LogP contribution in [0, 0.1) is 46.3 Å². The molecule has 0 radical (unpaired) electrons. The fourth-order valence-corrected chi connectivity index (χ4v) is 7.59. The van der Waals surface area contributed by atoms with E-state index in [0.29, 0.717) is 22.7 Å². The minimum atomic E-state index is -0.116. The SMILES string of the molecule is CC(C)C(C)/C=C/[C@@H](C)[C@H]1CC[C@H]2C3=CC=C4C[C@@H](O)CCC4(C)[C@@H]3CC[C@]12C. The van der Waals surface area contributed by atoms with E-state index in [2.05, 4.69) is 65.8 Å². The molecule has 3 saturated carbocycles. The molecule has 1 nitrogen and oxygen atoms in total. The first kappa shape index (κ1) is 21.4. The average Bonchev–Trinajstić information content (AvgIpc) is 3.03. The Balaban J connectivity index is 1.57. The third-order valence-electron chi connectivity index (χ3n) is 10.0. The zero-order chi connectivity index (χ0) is 21.0. The summed E-state index contributed by atoms with van der Waals surface area (Å²) in [7, 11) is 0. The first-order valence-corrected chi connectivity index (χ1v) is 12.4. The second-order valence-corrected chi connectivity index (χ2v) is 11.9. The van der Waals surface area contributed by atoms with Gasteiger partial charge in [-0.05, 0) is 91.3 Å². The minimum Gasteiger partial charge on any atom is -0.393 e. The lowest BCUT2D eigenvalue weighted by Gasteiger charge is -2.55. The lowest BCUT2D eigenvalue weighted by Crippen LogP contribution is -2.46. The third kappa shape index (κ3) is 3.50. The predicted molar refractivity (Wildman–Crippen MR) is 123 cm³/mol. The Hall–Kier alpha value is -0.820. The number of allylic oxidation sites excluding steroid dienone is 5. The maximum Gasteiger partial charge on any atom is 0.0578 e. The van der Waals surface area contributed by atoms with Gasteiger partial charge in [-0.15, -0.1) is 0 Å². The van der Waals surface area contributed by atoms with Crippen LogP contribution in [0.1, 0.15) is 86.5 Å². The van der Waals surface area contributed by atoms with Gasteiger partial charge >= 0.3 is 0 Å². The van der Waals surface area contributed by atoms with Gasteiger partial charge in [0.15, 0.2) is 0 Å². The van der Waals surface area contributed by atoms with Gasteiger partial charge in [0.2, 0.25) is 0 Å². The van der Waals surface area contributed by atoms with Crippen LogP contribution in [0.5, 0.6) is 0 Å². The summed E-state index contributed by atoms with van der Waals surface area (Å²) in [5.74, 6) is 4.38. The van der Waals surface area contributed by atoms with E-state index >= 15 is 0 Å². The molecule has 2 unspecified atom stereocenters. The van der Waals surface area contributed by atoms with E-state index in [1.165, 1.54) is 37.7 Å². The Kier molecular flexibility index (Phi) is 5.69. The van der Waals surface area contributed by atoms with Crippen molar-refractivity contribution in [2.75, 3.05) is 0 Å². The molecule has 0 amide bonds. The van der Waals surface area contributed by atoms with Crippen molar-refractivity contribution in [2.45, 2.75) is 92.6 Å². The maximum absolute atomic E-state index is 10.2. The summed E-state index contributed by atoms with van der Waals surface area (Å²) in [6, 6.07) is 0. The Labute approximate surface area is 179 Å². The van der Waals surface area contributed by atoms with Gasteiger partial charge in [-0.2, -0.15) is 0 Å². The molecular formula is C28H44O. The second-order valence-electron chi connectivity index (χ2n) is 11.9. The van der Waals surface area contributed by atoms with Crippen LogP contribution >= 0.6 is 0 Å². The highest BCUT2D eigenvalue weighted by Crippen LogP contribution is 2.65. The van der Waals surface area contributed by atoms with Crippen molar-refractivity contribution in [3.63, 3.8) is 0 Å². The van der Waals surface area contributed by atoms with E-state index < -0.39 is 0 Å². The van der Waals surface area contributed by atoms with Gasteiger partial charge in [-0.25, -0.2) is 0 Å². The van der Waals surface area contributed by atoms with Crippen LogP contribution in [-0.4, -0.2) is 11.2 Å². The van der Waals surface area contributed by atoms with E-state index in [-0.39, 0.29) is 6.10 Å². The Morgan fingerprint density at radius 2 is 1.69 bits per heavy atom. The fourth-order valence-electron chi connectivity index (χ4n) is 7.59. The molecule has 0 saturated heterocycles. The summed E-state index contributed by atoms with van der Waals surface area (Å²) in [4.78, 5) is 0. The number of hydrogen-bond acceptors (Lipinski definition) is 1. The summed E-state index contributed by atoms with van der Waals surface area (Å²) in [5.41, 5.74) is 4.07.